The maximum atomic E-state index is 6.47. The molecule has 0 N–H and O–H groups in total. The molecule has 0 saturated heterocycles. The van der Waals surface area contributed by atoms with Crippen molar-refractivity contribution >= 4 is 7.85 Å². The predicted molar refractivity (Wildman–Crippen MR) is 73.9 cm³/mol. The smallest absolute Gasteiger partial charge is 0.0810 e. The van der Waals surface area contributed by atoms with Crippen molar-refractivity contribution in [2.75, 3.05) is 0 Å². The van der Waals surface area contributed by atoms with E-state index in [1.165, 1.54) is 24.0 Å². The summed E-state index contributed by atoms with van der Waals surface area (Å²) >= 11 is 0. The van der Waals surface area contributed by atoms with E-state index in [9.17, 15) is 0 Å². The van der Waals surface area contributed by atoms with Crippen molar-refractivity contribution in [3.8, 4) is 0 Å². The summed E-state index contributed by atoms with van der Waals surface area (Å²) in [5, 5.41) is -0.0724. The maximum Gasteiger partial charge on any atom is 0.0810 e. The first-order chi connectivity index (χ1) is 7.62. The Morgan fingerprint density at radius 1 is 1.25 bits per heavy atom. The van der Waals surface area contributed by atoms with Gasteiger partial charge in [-0.1, -0.05) is 68.1 Å². The number of hydrogen-bond donors (Lipinski definition) is 0. The Morgan fingerprint density at radius 2 is 1.88 bits per heavy atom. The lowest BCUT2D eigenvalue weighted by molar-refractivity contribution is 0.685. The van der Waals surface area contributed by atoms with Crippen LogP contribution >= 0.6 is 0 Å². The van der Waals surface area contributed by atoms with Crippen molar-refractivity contribution < 1.29 is 0 Å². The summed E-state index contributed by atoms with van der Waals surface area (Å²) in [6.45, 7) is 6.41. The lowest BCUT2D eigenvalue weighted by atomic mass is 9.62. The molecule has 86 valence electrons. The molecule has 0 aliphatic heterocycles. The molecule has 0 atom stereocenters. The van der Waals surface area contributed by atoms with Gasteiger partial charge in [0.2, 0.25) is 0 Å². The molecule has 0 amide bonds. The quantitative estimate of drug-likeness (QED) is 0.468. The average Bonchev–Trinajstić information content (AvgIpc) is 2.71. The summed E-state index contributed by atoms with van der Waals surface area (Å²) in [6.07, 6.45) is 14.6. The molecule has 0 aromatic heterocycles. The summed E-state index contributed by atoms with van der Waals surface area (Å²) < 4.78 is 0. The molecule has 16 heavy (non-hydrogen) atoms. The Balaban J connectivity index is 2.90. The van der Waals surface area contributed by atoms with Crippen LogP contribution < -0.4 is 0 Å². The van der Waals surface area contributed by atoms with E-state index < -0.39 is 0 Å². The van der Waals surface area contributed by atoms with Crippen LogP contribution in [0.15, 0.2) is 35.5 Å². The fourth-order valence-electron chi connectivity index (χ4n) is 2.21. The van der Waals surface area contributed by atoms with Crippen LogP contribution in [0.2, 0.25) is 5.31 Å². The molecule has 1 aliphatic carbocycles. The second-order valence-electron chi connectivity index (χ2n) is 4.85. The molecular formula is C15H23B. The molecule has 1 rings (SSSR count). The molecule has 0 bridgehead atoms. The molecule has 0 heterocycles. The highest BCUT2D eigenvalue weighted by Gasteiger charge is 2.30. The Morgan fingerprint density at radius 3 is 2.38 bits per heavy atom. The van der Waals surface area contributed by atoms with Crippen LogP contribution in [0.25, 0.3) is 0 Å². The van der Waals surface area contributed by atoms with Crippen molar-refractivity contribution in [2.45, 2.75) is 58.2 Å². The maximum absolute atomic E-state index is 6.47. The van der Waals surface area contributed by atoms with Crippen LogP contribution in [0.5, 0.6) is 0 Å². The Bertz CT molecular complexity index is 301. The van der Waals surface area contributed by atoms with Crippen molar-refractivity contribution in [3.63, 3.8) is 0 Å². The Kier molecular flexibility index (Phi) is 5.11. The van der Waals surface area contributed by atoms with Gasteiger partial charge in [-0.2, -0.15) is 0 Å². The molecule has 0 aromatic rings. The highest BCUT2D eigenvalue weighted by atomic mass is 14.3. The second kappa shape index (κ2) is 6.13. The van der Waals surface area contributed by atoms with E-state index in [0.717, 1.165) is 19.3 Å². The van der Waals surface area contributed by atoms with Gasteiger partial charge in [0.15, 0.2) is 0 Å². The summed E-state index contributed by atoms with van der Waals surface area (Å²) in [5.74, 6) is 0. The first kappa shape index (κ1) is 13.4. The average molecular weight is 214 g/mol. The number of hydrogen-bond acceptors (Lipinski definition) is 0. The zero-order valence-electron chi connectivity index (χ0n) is 10.9. The van der Waals surface area contributed by atoms with Crippen LogP contribution in [0.3, 0.4) is 0 Å². The highest BCUT2D eigenvalue weighted by Crippen LogP contribution is 2.48. The zero-order valence-corrected chi connectivity index (χ0v) is 10.9. The Hall–Kier alpha value is -0.715. The molecule has 2 radical (unpaired) electrons. The van der Waals surface area contributed by atoms with Gasteiger partial charge >= 0.3 is 0 Å². The fourth-order valence-corrected chi connectivity index (χ4v) is 2.21. The van der Waals surface area contributed by atoms with Gasteiger partial charge in [0.1, 0.15) is 0 Å². The van der Waals surface area contributed by atoms with Gasteiger partial charge in [0, 0.05) is 0 Å². The molecular weight excluding hydrogens is 191 g/mol. The molecule has 0 nitrogen and oxygen atoms in total. The Labute approximate surface area is 102 Å². The minimum Gasteiger partial charge on any atom is -0.0874 e. The van der Waals surface area contributed by atoms with Crippen molar-refractivity contribution in [2.24, 2.45) is 0 Å². The van der Waals surface area contributed by atoms with Crippen LogP contribution in [0.1, 0.15) is 52.9 Å². The summed E-state index contributed by atoms with van der Waals surface area (Å²) in [4.78, 5) is 0. The molecule has 1 heteroatoms. The molecule has 1 fully saturated rings. The SMILES string of the molecule is [B]C1(C(/C=C\C)=C/C=C(/C)CC)CCCC1. The van der Waals surface area contributed by atoms with Crippen LogP contribution in [-0.4, -0.2) is 7.85 Å². The fraction of sp³-hybridized carbons (Fsp3) is 0.600. The molecule has 0 aromatic carbocycles. The van der Waals surface area contributed by atoms with E-state index in [2.05, 4.69) is 45.1 Å². The van der Waals surface area contributed by atoms with Gasteiger partial charge in [-0.15, -0.1) is 0 Å². The first-order valence-electron chi connectivity index (χ1n) is 6.42. The van der Waals surface area contributed by atoms with E-state index in [4.69, 9.17) is 7.85 Å². The number of allylic oxidation sites excluding steroid dienone is 6. The van der Waals surface area contributed by atoms with Gasteiger partial charge in [0.25, 0.3) is 0 Å². The highest BCUT2D eigenvalue weighted by molar-refractivity contribution is 6.18. The monoisotopic (exact) mass is 214 g/mol. The second-order valence-corrected chi connectivity index (χ2v) is 4.85. The third-order valence-corrected chi connectivity index (χ3v) is 3.52. The van der Waals surface area contributed by atoms with E-state index in [1.807, 2.05) is 0 Å². The van der Waals surface area contributed by atoms with E-state index in [1.54, 1.807) is 0 Å². The minimum atomic E-state index is -0.0724. The van der Waals surface area contributed by atoms with Gasteiger partial charge in [0.05, 0.1) is 7.85 Å². The first-order valence-corrected chi connectivity index (χ1v) is 6.42. The lowest BCUT2D eigenvalue weighted by Gasteiger charge is -2.25. The largest absolute Gasteiger partial charge is 0.0874 e. The standard InChI is InChI=1S/C15H23B/c1-4-8-14(10-9-13(3)5-2)15(16)11-6-7-12-15/h4,8-10H,5-7,11-12H2,1-3H3/b8-4-,13-9-,14-10+. The third-order valence-electron chi connectivity index (χ3n) is 3.52. The van der Waals surface area contributed by atoms with Crippen molar-refractivity contribution in [1.82, 2.24) is 0 Å². The van der Waals surface area contributed by atoms with Gasteiger partial charge in [-0.05, 0) is 25.6 Å². The van der Waals surface area contributed by atoms with Crippen LogP contribution in [0, 0.1) is 0 Å². The molecule has 0 spiro atoms. The molecule has 0 unspecified atom stereocenters. The van der Waals surface area contributed by atoms with E-state index >= 15 is 0 Å². The summed E-state index contributed by atoms with van der Waals surface area (Å²) in [5.41, 5.74) is 2.70. The van der Waals surface area contributed by atoms with Crippen LogP contribution in [0.4, 0.5) is 0 Å². The third kappa shape index (κ3) is 3.40. The van der Waals surface area contributed by atoms with E-state index in [-0.39, 0.29) is 5.31 Å². The van der Waals surface area contributed by atoms with Crippen molar-refractivity contribution in [3.05, 3.63) is 35.5 Å². The molecule has 1 aliphatic rings. The zero-order chi connectivity index (χ0) is 12.0. The van der Waals surface area contributed by atoms with E-state index in [0.29, 0.717) is 0 Å². The summed E-state index contributed by atoms with van der Waals surface area (Å²) in [7, 11) is 6.47. The predicted octanol–water partition coefficient (Wildman–Crippen LogP) is 4.75. The normalized spacial score (nSPS) is 21.9. The van der Waals surface area contributed by atoms with Gasteiger partial charge < -0.3 is 0 Å². The number of rotatable bonds is 4. The van der Waals surface area contributed by atoms with Gasteiger partial charge in [-0.25, -0.2) is 0 Å². The molecule has 1 saturated carbocycles. The minimum absolute atomic E-state index is 0.0724. The summed E-state index contributed by atoms with van der Waals surface area (Å²) in [6, 6.07) is 0. The van der Waals surface area contributed by atoms with Crippen LogP contribution in [-0.2, 0) is 0 Å². The van der Waals surface area contributed by atoms with Gasteiger partial charge in [-0.3, -0.25) is 0 Å². The van der Waals surface area contributed by atoms with Crippen molar-refractivity contribution in [1.29, 1.82) is 0 Å². The topological polar surface area (TPSA) is 0 Å². The lowest BCUT2D eigenvalue weighted by Crippen LogP contribution is -2.09.